The van der Waals surface area contributed by atoms with Crippen LogP contribution in [0, 0.1) is 5.92 Å². The quantitative estimate of drug-likeness (QED) is 0.558. The van der Waals surface area contributed by atoms with Gasteiger partial charge in [-0.25, -0.2) is 4.79 Å². The molecule has 0 aliphatic carbocycles. The zero-order valence-electron chi connectivity index (χ0n) is 14.7. The lowest BCUT2D eigenvalue weighted by atomic mass is 9.97. The minimum Gasteiger partial charge on any atom is -0.480 e. The summed E-state index contributed by atoms with van der Waals surface area (Å²) in [6.45, 7) is 4.22. The Hall–Kier alpha value is -1.28. The predicted molar refractivity (Wildman–Crippen MR) is 94.7 cm³/mol. The lowest BCUT2D eigenvalue weighted by Gasteiger charge is -2.31. The molecule has 0 aromatic carbocycles. The molecule has 8 heteroatoms. The standard InChI is InChI=1S/C16H29N3O4S/c1-4-10(2)13(18-14(20)11(17)7-9-24-3)15(21)19-8-5-6-12(19)16(22)23/h10-13H,4-9,17H2,1-3H3,(H,18,20)(H,22,23)/t10-,11-,12-,13-/m0/s1. The summed E-state index contributed by atoms with van der Waals surface area (Å²) in [4.78, 5) is 37.8. The summed E-state index contributed by atoms with van der Waals surface area (Å²) < 4.78 is 0. The van der Waals surface area contributed by atoms with Gasteiger partial charge < -0.3 is 21.1 Å². The van der Waals surface area contributed by atoms with Crippen molar-refractivity contribution >= 4 is 29.5 Å². The molecule has 1 rings (SSSR count). The molecular weight excluding hydrogens is 330 g/mol. The molecule has 1 fully saturated rings. The number of nitrogens with one attached hydrogen (secondary N) is 1. The van der Waals surface area contributed by atoms with Gasteiger partial charge in [-0.1, -0.05) is 20.3 Å². The third-order valence-corrected chi connectivity index (χ3v) is 5.21. The monoisotopic (exact) mass is 359 g/mol. The van der Waals surface area contributed by atoms with Gasteiger partial charge in [0.05, 0.1) is 6.04 Å². The van der Waals surface area contributed by atoms with E-state index in [1.807, 2.05) is 20.1 Å². The number of likely N-dealkylation sites (tertiary alicyclic amines) is 1. The molecule has 0 spiro atoms. The Morgan fingerprint density at radius 3 is 2.62 bits per heavy atom. The maximum absolute atomic E-state index is 12.8. The molecule has 1 aliphatic rings. The van der Waals surface area contributed by atoms with Gasteiger partial charge in [0.15, 0.2) is 0 Å². The van der Waals surface area contributed by atoms with Gasteiger partial charge in [-0.2, -0.15) is 11.8 Å². The van der Waals surface area contributed by atoms with Crippen molar-refractivity contribution in [1.82, 2.24) is 10.2 Å². The van der Waals surface area contributed by atoms with Crippen molar-refractivity contribution < 1.29 is 19.5 Å². The largest absolute Gasteiger partial charge is 0.480 e. The Labute approximate surface area is 147 Å². The number of carboxylic acid groups (broad SMARTS) is 1. The molecule has 0 radical (unpaired) electrons. The van der Waals surface area contributed by atoms with Crippen LogP contribution in [0.15, 0.2) is 0 Å². The average molecular weight is 359 g/mol. The highest BCUT2D eigenvalue weighted by atomic mass is 32.2. The Balaban J connectivity index is 2.83. The molecular formula is C16H29N3O4S. The highest BCUT2D eigenvalue weighted by Gasteiger charge is 2.39. The van der Waals surface area contributed by atoms with Gasteiger partial charge >= 0.3 is 5.97 Å². The molecule has 0 aromatic heterocycles. The third-order valence-electron chi connectivity index (χ3n) is 4.57. The maximum atomic E-state index is 12.8. The van der Waals surface area contributed by atoms with Gasteiger partial charge in [0, 0.05) is 6.54 Å². The van der Waals surface area contributed by atoms with E-state index < -0.39 is 24.1 Å². The lowest BCUT2D eigenvalue weighted by molar-refractivity contribution is -0.150. The van der Waals surface area contributed by atoms with Gasteiger partial charge in [-0.05, 0) is 37.2 Å². The number of carbonyl (C=O) groups is 3. The highest BCUT2D eigenvalue weighted by Crippen LogP contribution is 2.21. The molecule has 1 aliphatic heterocycles. The number of carboxylic acids is 1. The van der Waals surface area contributed by atoms with Gasteiger partial charge in [0.2, 0.25) is 11.8 Å². The van der Waals surface area contributed by atoms with Crippen molar-refractivity contribution in [1.29, 1.82) is 0 Å². The molecule has 1 saturated heterocycles. The Bertz CT molecular complexity index is 461. The average Bonchev–Trinajstić information content (AvgIpc) is 3.05. The van der Waals surface area contributed by atoms with Crippen LogP contribution >= 0.6 is 11.8 Å². The Morgan fingerprint density at radius 2 is 2.08 bits per heavy atom. The van der Waals surface area contributed by atoms with Crippen LogP contribution in [0.25, 0.3) is 0 Å². The number of nitrogens with zero attached hydrogens (tertiary/aromatic N) is 1. The molecule has 0 bridgehead atoms. The summed E-state index contributed by atoms with van der Waals surface area (Å²) in [6, 6.07) is -2.19. The SMILES string of the molecule is CC[C@H](C)[C@H](NC(=O)[C@@H](N)CCSC)C(=O)N1CCC[C@H]1C(=O)O. The zero-order chi connectivity index (χ0) is 18.3. The van der Waals surface area contributed by atoms with Gasteiger partial charge in [-0.15, -0.1) is 0 Å². The van der Waals surface area contributed by atoms with Crippen molar-refractivity contribution in [3.63, 3.8) is 0 Å². The van der Waals surface area contributed by atoms with E-state index in [2.05, 4.69) is 5.32 Å². The molecule has 4 atom stereocenters. The summed E-state index contributed by atoms with van der Waals surface area (Å²) >= 11 is 1.61. The molecule has 0 aromatic rings. The summed E-state index contributed by atoms with van der Waals surface area (Å²) in [7, 11) is 0. The minimum absolute atomic E-state index is 0.0933. The lowest BCUT2D eigenvalue weighted by Crippen LogP contribution is -2.56. The third kappa shape index (κ3) is 5.37. The van der Waals surface area contributed by atoms with Gasteiger partial charge in [0.25, 0.3) is 0 Å². The first-order chi connectivity index (χ1) is 11.3. The van der Waals surface area contributed by atoms with Crippen molar-refractivity contribution in [3.05, 3.63) is 0 Å². The van der Waals surface area contributed by atoms with E-state index in [0.29, 0.717) is 32.2 Å². The number of rotatable bonds is 9. The summed E-state index contributed by atoms with van der Waals surface area (Å²) in [5, 5.41) is 12.0. The number of hydrogen-bond acceptors (Lipinski definition) is 5. The molecule has 1 heterocycles. The summed E-state index contributed by atoms with van der Waals surface area (Å²) in [5.41, 5.74) is 5.88. The van der Waals surface area contributed by atoms with E-state index in [1.165, 1.54) is 4.90 Å². The predicted octanol–water partition coefficient (Wildman–Crippen LogP) is 0.673. The molecule has 4 N–H and O–H groups in total. The summed E-state index contributed by atoms with van der Waals surface area (Å²) in [5.74, 6) is -0.992. The van der Waals surface area contributed by atoms with Crippen LogP contribution in [0.2, 0.25) is 0 Å². The number of carbonyl (C=O) groups excluding carboxylic acids is 2. The Morgan fingerprint density at radius 1 is 1.42 bits per heavy atom. The molecule has 7 nitrogen and oxygen atoms in total. The number of aliphatic carboxylic acids is 1. The van der Waals surface area contributed by atoms with E-state index in [1.54, 1.807) is 11.8 Å². The number of nitrogens with two attached hydrogens (primary N) is 1. The second-order valence-electron chi connectivity index (χ2n) is 6.29. The fourth-order valence-electron chi connectivity index (χ4n) is 2.79. The van der Waals surface area contributed by atoms with Crippen molar-refractivity contribution in [2.75, 3.05) is 18.6 Å². The highest BCUT2D eigenvalue weighted by molar-refractivity contribution is 7.98. The second-order valence-corrected chi connectivity index (χ2v) is 7.27. The topological polar surface area (TPSA) is 113 Å². The fraction of sp³-hybridized carbons (Fsp3) is 0.812. The fourth-order valence-corrected chi connectivity index (χ4v) is 3.27. The second kappa shape index (κ2) is 9.88. The molecule has 0 saturated carbocycles. The van der Waals surface area contributed by atoms with Crippen LogP contribution in [0.3, 0.4) is 0 Å². The smallest absolute Gasteiger partial charge is 0.326 e. The first kappa shape index (κ1) is 20.8. The first-order valence-electron chi connectivity index (χ1n) is 8.41. The zero-order valence-corrected chi connectivity index (χ0v) is 15.5. The van der Waals surface area contributed by atoms with Crippen molar-refractivity contribution in [2.45, 2.75) is 57.7 Å². The van der Waals surface area contributed by atoms with Gasteiger partial charge in [-0.3, -0.25) is 9.59 Å². The van der Waals surface area contributed by atoms with Crippen LogP contribution in [-0.2, 0) is 14.4 Å². The number of amides is 2. The number of thioether (sulfide) groups is 1. The van der Waals surface area contributed by atoms with Gasteiger partial charge in [0.1, 0.15) is 12.1 Å². The maximum Gasteiger partial charge on any atom is 0.326 e. The molecule has 138 valence electrons. The van der Waals surface area contributed by atoms with E-state index in [0.717, 1.165) is 5.75 Å². The van der Waals surface area contributed by atoms with Crippen LogP contribution in [-0.4, -0.2) is 64.5 Å². The summed E-state index contributed by atoms with van der Waals surface area (Å²) in [6.07, 6.45) is 4.29. The van der Waals surface area contributed by atoms with Crippen LogP contribution in [0.1, 0.15) is 39.5 Å². The van der Waals surface area contributed by atoms with Crippen LogP contribution in [0.4, 0.5) is 0 Å². The van der Waals surface area contributed by atoms with E-state index >= 15 is 0 Å². The first-order valence-corrected chi connectivity index (χ1v) is 9.81. The van der Waals surface area contributed by atoms with E-state index in [-0.39, 0.29) is 17.7 Å². The molecule has 2 amide bonds. The normalized spacial score (nSPS) is 21.2. The molecule has 24 heavy (non-hydrogen) atoms. The van der Waals surface area contributed by atoms with E-state index in [9.17, 15) is 19.5 Å². The number of hydrogen-bond donors (Lipinski definition) is 3. The van der Waals surface area contributed by atoms with Crippen LogP contribution < -0.4 is 11.1 Å². The van der Waals surface area contributed by atoms with E-state index in [4.69, 9.17) is 5.73 Å². The minimum atomic E-state index is -0.994. The van der Waals surface area contributed by atoms with Crippen molar-refractivity contribution in [3.8, 4) is 0 Å². The van der Waals surface area contributed by atoms with Crippen molar-refractivity contribution in [2.24, 2.45) is 11.7 Å². The molecule has 0 unspecified atom stereocenters. The van der Waals surface area contributed by atoms with Crippen LogP contribution in [0.5, 0.6) is 0 Å². The Kier molecular flexibility index (Phi) is 8.55.